The highest BCUT2D eigenvalue weighted by molar-refractivity contribution is 9.10. The van der Waals surface area contributed by atoms with E-state index in [0.29, 0.717) is 0 Å². The van der Waals surface area contributed by atoms with Crippen molar-refractivity contribution in [2.45, 2.75) is 17.9 Å². The molecule has 0 aromatic heterocycles. The first-order valence-corrected chi connectivity index (χ1v) is 8.82. The lowest BCUT2D eigenvalue weighted by atomic mass is 10.2. The second-order valence-corrected chi connectivity index (χ2v) is 7.43. The minimum Gasteiger partial charge on any atom is -0.304 e. The average Bonchev–Trinajstić information content (AvgIpc) is 2.90. The fourth-order valence-corrected chi connectivity index (χ4v) is 3.34. The number of carbonyl (C=O) groups is 1. The molecule has 6 heteroatoms. The highest BCUT2D eigenvalue weighted by atomic mass is 79.9. The number of nitrogens with zero attached hydrogens (tertiary/aromatic N) is 1. The minimum absolute atomic E-state index is 0.0373. The highest BCUT2D eigenvalue weighted by Gasteiger charge is 2.17. The Bertz CT molecular complexity index is 476. The monoisotopic (exact) mass is 358 g/mol. The van der Waals surface area contributed by atoms with Crippen LogP contribution >= 0.6 is 39.5 Å². The maximum Gasteiger partial charge on any atom is 0.238 e. The van der Waals surface area contributed by atoms with E-state index in [1.165, 1.54) is 5.56 Å². The summed E-state index contributed by atoms with van der Waals surface area (Å²) in [5, 5.41) is 3.56. The molecule has 0 fully saturated rings. The Hall–Kier alpha value is -0.460. The normalized spacial score (nSPS) is 16.0. The molecular weight excluding hydrogens is 344 g/mol. The summed E-state index contributed by atoms with van der Waals surface area (Å²) in [6, 6.07) is 8.17. The Balaban J connectivity index is 1.78. The fraction of sp³-hybridized carbons (Fsp3) is 0.385. The van der Waals surface area contributed by atoms with Crippen LogP contribution in [0.25, 0.3) is 0 Å². The standard InChI is InChI=1S/C13H15BrN2OS2/c1-9(12(17)16-13-15-6-7-18-13)19-8-10-2-4-11(14)5-3-10/h2-5,9H,6-8H2,1H3,(H,15,16,17)/t9-/m0/s1. The van der Waals surface area contributed by atoms with Crippen molar-refractivity contribution in [2.24, 2.45) is 4.99 Å². The second-order valence-electron chi connectivity index (χ2n) is 4.10. The summed E-state index contributed by atoms with van der Waals surface area (Å²) in [7, 11) is 0. The summed E-state index contributed by atoms with van der Waals surface area (Å²) in [5.41, 5.74) is 1.22. The van der Waals surface area contributed by atoms with Crippen molar-refractivity contribution in [2.75, 3.05) is 12.3 Å². The number of rotatable bonds is 4. The third-order valence-corrected chi connectivity index (χ3v) is 5.23. The van der Waals surface area contributed by atoms with Crippen LogP contribution in [0.2, 0.25) is 0 Å². The molecule has 2 rings (SSSR count). The summed E-state index contributed by atoms with van der Waals surface area (Å²) in [6.45, 7) is 2.74. The molecule has 0 spiro atoms. The van der Waals surface area contributed by atoms with Crippen LogP contribution in [0.1, 0.15) is 12.5 Å². The summed E-state index contributed by atoms with van der Waals surface area (Å²) >= 11 is 6.65. The van der Waals surface area contributed by atoms with Crippen molar-refractivity contribution >= 4 is 50.5 Å². The van der Waals surface area contributed by atoms with Crippen LogP contribution in [0.15, 0.2) is 33.7 Å². The predicted molar refractivity (Wildman–Crippen MR) is 87.8 cm³/mol. The molecule has 0 saturated carbocycles. The van der Waals surface area contributed by atoms with Crippen molar-refractivity contribution in [1.82, 2.24) is 5.32 Å². The van der Waals surface area contributed by atoms with Gasteiger partial charge in [-0.25, -0.2) is 0 Å². The Morgan fingerprint density at radius 2 is 2.26 bits per heavy atom. The van der Waals surface area contributed by atoms with Gasteiger partial charge in [0.25, 0.3) is 0 Å². The summed E-state index contributed by atoms with van der Waals surface area (Å²) < 4.78 is 1.07. The number of amides is 1. The van der Waals surface area contributed by atoms with Gasteiger partial charge in [-0.1, -0.05) is 39.8 Å². The van der Waals surface area contributed by atoms with Crippen LogP contribution in [-0.2, 0) is 10.5 Å². The molecule has 0 radical (unpaired) electrons. The highest BCUT2D eigenvalue weighted by Crippen LogP contribution is 2.20. The maximum atomic E-state index is 11.9. The van der Waals surface area contributed by atoms with Gasteiger partial charge in [0.1, 0.15) is 0 Å². The van der Waals surface area contributed by atoms with Gasteiger partial charge in [-0.15, -0.1) is 11.8 Å². The number of hydrogen-bond acceptors (Lipinski definition) is 4. The van der Waals surface area contributed by atoms with Crippen molar-refractivity contribution in [3.63, 3.8) is 0 Å². The van der Waals surface area contributed by atoms with Crippen LogP contribution in [0.4, 0.5) is 0 Å². The molecule has 19 heavy (non-hydrogen) atoms. The van der Waals surface area contributed by atoms with Gasteiger partial charge in [0, 0.05) is 16.0 Å². The lowest BCUT2D eigenvalue weighted by Gasteiger charge is -2.11. The zero-order valence-electron chi connectivity index (χ0n) is 10.6. The number of benzene rings is 1. The van der Waals surface area contributed by atoms with Gasteiger partial charge in [0.05, 0.1) is 11.8 Å². The third-order valence-electron chi connectivity index (χ3n) is 2.60. The molecule has 1 aliphatic heterocycles. The van der Waals surface area contributed by atoms with Crippen LogP contribution in [-0.4, -0.2) is 28.6 Å². The van der Waals surface area contributed by atoms with Crippen molar-refractivity contribution < 1.29 is 4.79 Å². The molecule has 102 valence electrons. The second kappa shape index (κ2) is 7.36. The predicted octanol–water partition coefficient (Wildman–Crippen LogP) is 3.29. The number of thioether (sulfide) groups is 2. The average molecular weight is 359 g/mol. The number of amidine groups is 1. The number of halogens is 1. The van der Waals surface area contributed by atoms with E-state index in [4.69, 9.17) is 0 Å². The molecule has 1 aromatic rings. The number of carbonyl (C=O) groups excluding carboxylic acids is 1. The molecule has 1 N–H and O–H groups in total. The topological polar surface area (TPSA) is 41.5 Å². The molecule has 0 bridgehead atoms. The van der Waals surface area contributed by atoms with Crippen LogP contribution < -0.4 is 5.32 Å². The summed E-state index contributed by atoms with van der Waals surface area (Å²) in [5.74, 6) is 1.84. The van der Waals surface area contributed by atoms with Crippen molar-refractivity contribution in [3.05, 3.63) is 34.3 Å². The zero-order chi connectivity index (χ0) is 13.7. The number of hydrogen-bond donors (Lipinski definition) is 1. The first-order chi connectivity index (χ1) is 9.15. The third kappa shape index (κ3) is 4.85. The zero-order valence-corrected chi connectivity index (χ0v) is 13.8. The molecular formula is C13H15BrN2OS2. The Morgan fingerprint density at radius 3 is 2.89 bits per heavy atom. The van der Waals surface area contributed by atoms with Gasteiger partial charge in [0.15, 0.2) is 5.17 Å². The van der Waals surface area contributed by atoms with Gasteiger partial charge in [0.2, 0.25) is 5.91 Å². The van der Waals surface area contributed by atoms with Crippen LogP contribution in [0.5, 0.6) is 0 Å². The van der Waals surface area contributed by atoms with Gasteiger partial charge in [-0.05, 0) is 24.6 Å². The molecule has 1 amide bonds. The molecule has 1 heterocycles. The quantitative estimate of drug-likeness (QED) is 0.897. The smallest absolute Gasteiger partial charge is 0.238 e. The largest absolute Gasteiger partial charge is 0.304 e. The lowest BCUT2D eigenvalue weighted by molar-refractivity contribution is -0.118. The Kier molecular flexibility index (Phi) is 5.78. The van der Waals surface area contributed by atoms with Crippen molar-refractivity contribution in [3.8, 4) is 0 Å². The molecule has 1 aromatic carbocycles. The Labute approximate surface area is 130 Å². The van der Waals surface area contributed by atoms with Crippen LogP contribution in [0.3, 0.4) is 0 Å². The minimum atomic E-state index is -0.0763. The Morgan fingerprint density at radius 1 is 1.53 bits per heavy atom. The van der Waals surface area contributed by atoms with E-state index in [-0.39, 0.29) is 11.2 Å². The first-order valence-electron chi connectivity index (χ1n) is 5.99. The van der Waals surface area contributed by atoms with Crippen LogP contribution in [0, 0.1) is 0 Å². The van der Waals surface area contributed by atoms with E-state index in [1.807, 2.05) is 19.1 Å². The molecule has 0 aliphatic carbocycles. The molecule has 0 saturated heterocycles. The maximum absolute atomic E-state index is 11.9. The summed E-state index contributed by atoms with van der Waals surface area (Å²) in [4.78, 5) is 16.2. The molecule has 0 unspecified atom stereocenters. The van der Waals surface area contributed by atoms with E-state index >= 15 is 0 Å². The van der Waals surface area contributed by atoms with Gasteiger partial charge >= 0.3 is 0 Å². The molecule has 1 atom stereocenters. The van der Waals surface area contributed by atoms with Crippen molar-refractivity contribution in [1.29, 1.82) is 0 Å². The lowest BCUT2D eigenvalue weighted by Crippen LogP contribution is -2.33. The number of nitrogens with one attached hydrogen (secondary N) is 1. The fourth-order valence-electron chi connectivity index (χ4n) is 1.50. The van der Waals surface area contributed by atoms with E-state index in [1.54, 1.807) is 23.5 Å². The van der Waals surface area contributed by atoms with E-state index in [9.17, 15) is 4.79 Å². The first kappa shape index (κ1) is 14.9. The van der Waals surface area contributed by atoms with Gasteiger partial charge in [-0.3, -0.25) is 9.79 Å². The molecule has 1 aliphatic rings. The van der Waals surface area contributed by atoms with E-state index < -0.39 is 0 Å². The molecule has 3 nitrogen and oxygen atoms in total. The number of aliphatic imine (C=N–C) groups is 1. The van der Waals surface area contributed by atoms with E-state index in [2.05, 4.69) is 38.4 Å². The van der Waals surface area contributed by atoms with Gasteiger partial charge in [-0.2, -0.15) is 0 Å². The SMILES string of the molecule is C[C@H](SCc1ccc(Br)cc1)C(=O)NC1=NCCS1. The summed E-state index contributed by atoms with van der Waals surface area (Å²) in [6.07, 6.45) is 0. The van der Waals surface area contributed by atoms with E-state index in [0.717, 1.165) is 27.7 Å². The van der Waals surface area contributed by atoms with Gasteiger partial charge < -0.3 is 5.32 Å².